The largest absolute Gasteiger partial charge is 0.457 e. The quantitative estimate of drug-likeness (QED) is 0.173. The SMILES string of the molecule is CON=C(C(=O)NC1C(=O)N2C=C(C(=O)OCc3ccc([N+](=O)[O-])cc3)CS[C@H]12)C1=CSCCS1. The van der Waals surface area contributed by atoms with Crippen molar-refractivity contribution in [1.29, 1.82) is 0 Å². The molecule has 0 aromatic heterocycles. The molecule has 3 heterocycles. The Morgan fingerprint density at radius 3 is 2.71 bits per heavy atom. The van der Waals surface area contributed by atoms with Gasteiger partial charge in [0, 0.05) is 40.5 Å². The van der Waals surface area contributed by atoms with Gasteiger partial charge >= 0.3 is 5.97 Å². The number of ether oxygens (including phenoxy) is 1. The molecule has 11 nitrogen and oxygen atoms in total. The van der Waals surface area contributed by atoms with Crippen LogP contribution >= 0.6 is 35.3 Å². The Kier molecular flexibility index (Phi) is 8.03. The molecular weight excluding hydrogens is 516 g/mol. The molecule has 1 N–H and O–H groups in total. The number of β-lactam (4-membered cyclic amide) rings is 1. The number of esters is 1. The average molecular weight is 537 g/mol. The van der Waals surface area contributed by atoms with Crippen molar-refractivity contribution >= 4 is 64.5 Å². The number of carbonyl (C=O) groups excluding carboxylic acids is 3. The first-order valence-electron chi connectivity index (χ1n) is 10.3. The minimum atomic E-state index is -0.745. The second-order valence-corrected chi connectivity index (χ2v) is 10.6. The first-order valence-corrected chi connectivity index (χ1v) is 13.4. The first-order chi connectivity index (χ1) is 16.9. The van der Waals surface area contributed by atoms with E-state index in [1.807, 2.05) is 5.41 Å². The van der Waals surface area contributed by atoms with Gasteiger partial charge in [0.1, 0.15) is 25.1 Å². The molecule has 0 bridgehead atoms. The van der Waals surface area contributed by atoms with Gasteiger partial charge in [-0.25, -0.2) is 4.79 Å². The van der Waals surface area contributed by atoms with E-state index in [9.17, 15) is 24.5 Å². The monoisotopic (exact) mass is 536 g/mol. The number of carbonyl (C=O) groups is 3. The van der Waals surface area contributed by atoms with E-state index >= 15 is 0 Å². The lowest BCUT2D eigenvalue weighted by Gasteiger charge is -2.47. The Hall–Kier alpha value is -2.97. The van der Waals surface area contributed by atoms with Crippen molar-refractivity contribution < 1.29 is 28.9 Å². The Labute approximate surface area is 212 Å². The number of amides is 2. The molecule has 0 saturated carbocycles. The van der Waals surface area contributed by atoms with Crippen molar-refractivity contribution in [3.05, 3.63) is 62.0 Å². The van der Waals surface area contributed by atoms with E-state index in [1.165, 1.54) is 66.0 Å². The zero-order valence-electron chi connectivity index (χ0n) is 18.4. The fourth-order valence-electron chi connectivity index (χ4n) is 3.37. The standard InChI is InChI=1S/C21H20N4O7S3/c1-31-23-16(15-11-33-6-7-34-15)18(26)22-17-19(27)24-8-13(10-35-20(17)24)21(28)32-9-12-2-4-14(5-3-12)25(29)30/h2-5,8,11,17,20H,6-7,9-10H2,1H3,(H,22,26)/t17?,20-/m1/s1. The van der Waals surface area contributed by atoms with Crippen LogP contribution in [0, 0.1) is 10.1 Å². The van der Waals surface area contributed by atoms with Gasteiger partial charge in [0.2, 0.25) is 0 Å². The summed E-state index contributed by atoms with van der Waals surface area (Å²) in [6, 6.07) is 4.95. The summed E-state index contributed by atoms with van der Waals surface area (Å²) >= 11 is 4.43. The van der Waals surface area contributed by atoms with Crippen LogP contribution in [-0.4, -0.2) is 69.1 Å². The summed E-state index contributed by atoms with van der Waals surface area (Å²) < 4.78 is 5.29. The van der Waals surface area contributed by atoms with Crippen LogP contribution in [-0.2, 0) is 30.6 Å². The molecule has 0 spiro atoms. The molecule has 1 aromatic carbocycles. The van der Waals surface area contributed by atoms with Gasteiger partial charge in [0.05, 0.1) is 10.5 Å². The highest BCUT2D eigenvalue weighted by atomic mass is 32.2. The maximum atomic E-state index is 12.8. The number of nitrogens with zero attached hydrogens (tertiary/aromatic N) is 3. The molecule has 4 rings (SSSR count). The highest BCUT2D eigenvalue weighted by Gasteiger charge is 2.50. The summed E-state index contributed by atoms with van der Waals surface area (Å²) in [5.74, 6) is 0.668. The summed E-state index contributed by atoms with van der Waals surface area (Å²) in [4.78, 5) is 55.1. The second-order valence-electron chi connectivity index (χ2n) is 7.38. The van der Waals surface area contributed by atoms with Gasteiger partial charge in [0.15, 0.2) is 5.71 Å². The molecular formula is C21H20N4O7S3. The van der Waals surface area contributed by atoms with E-state index in [0.717, 1.165) is 11.5 Å². The molecule has 184 valence electrons. The van der Waals surface area contributed by atoms with Gasteiger partial charge in [-0.3, -0.25) is 19.7 Å². The number of thioether (sulfide) groups is 3. The fourth-order valence-corrected chi connectivity index (χ4v) is 6.68. The Balaban J connectivity index is 1.33. The molecule has 35 heavy (non-hydrogen) atoms. The molecule has 14 heteroatoms. The molecule has 2 amide bonds. The lowest BCUT2D eigenvalue weighted by atomic mass is 10.1. The van der Waals surface area contributed by atoms with Crippen LogP contribution in [0.5, 0.6) is 0 Å². The number of rotatable bonds is 8. The second kappa shape index (κ2) is 11.2. The third-order valence-corrected chi connectivity index (χ3v) is 8.73. The molecule has 0 aliphatic carbocycles. The molecule has 1 saturated heterocycles. The van der Waals surface area contributed by atoms with Crippen molar-refractivity contribution in [3.63, 3.8) is 0 Å². The highest BCUT2D eigenvalue weighted by molar-refractivity contribution is 8.10. The van der Waals surface area contributed by atoms with Crippen LogP contribution in [0.1, 0.15) is 5.56 Å². The van der Waals surface area contributed by atoms with Gasteiger partial charge in [-0.15, -0.1) is 35.3 Å². The molecule has 0 radical (unpaired) electrons. The van der Waals surface area contributed by atoms with E-state index in [1.54, 1.807) is 11.8 Å². The van der Waals surface area contributed by atoms with E-state index in [0.29, 0.717) is 21.8 Å². The van der Waals surface area contributed by atoms with E-state index in [4.69, 9.17) is 9.57 Å². The Morgan fingerprint density at radius 1 is 1.29 bits per heavy atom. The third kappa shape index (κ3) is 5.65. The maximum Gasteiger partial charge on any atom is 0.336 e. The van der Waals surface area contributed by atoms with Gasteiger partial charge in [-0.1, -0.05) is 5.16 Å². The topological polar surface area (TPSA) is 140 Å². The summed E-state index contributed by atoms with van der Waals surface area (Å²) in [6.45, 7) is -0.0529. The van der Waals surface area contributed by atoms with E-state index in [-0.39, 0.29) is 29.3 Å². The minimum absolute atomic E-state index is 0.0517. The van der Waals surface area contributed by atoms with Crippen LogP contribution < -0.4 is 5.32 Å². The number of nitro groups is 1. The first kappa shape index (κ1) is 25.1. The van der Waals surface area contributed by atoms with Crippen molar-refractivity contribution in [2.45, 2.75) is 18.0 Å². The van der Waals surface area contributed by atoms with Crippen LogP contribution in [0.15, 0.2) is 51.5 Å². The van der Waals surface area contributed by atoms with Gasteiger partial charge in [0.25, 0.3) is 17.5 Å². The van der Waals surface area contributed by atoms with Gasteiger partial charge in [-0.2, -0.15) is 0 Å². The van der Waals surface area contributed by atoms with E-state index < -0.39 is 22.8 Å². The summed E-state index contributed by atoms with van der Waals surface area (Å²) in [7, 11) is 1.36. The van der Waals surface area contributed by atoms with Gasteiger partial charge < -0.3 is 19.8 Å². The average Bonchev–Trinajstić information content (AvgIpc) is 2.89. The fraction of sp³-hybridized carbons (Fsp3) is 0.333. The van der Waals surface area contributed by atoms with Crippen molar-refractivity contribution in [2.24, 2.45) is 5.16 Å². The number of nitro benzene ring substituents is 1. The predicted molar refractivity (Wildman–Crippen MR) is 133 cm³/mol. The minimum Gasteiger partial charge on any atom is -0.457 e. The van der Waals surface area contributed by atoms with Crippen molar-refractivity contribution in [2.75, 3.05) is 24.4 Å². The number of fused-ring (bicyclic) bond motifs is 1. The lowest BCUT2D eigenvalue weighted by molar-refractivity contribution is -0.384. The Bertz CT molecular complexity index is 1140. The molecule has 2 atom stereocenters. The predicted octanol–water partition coefficient (Wildman–Crippen LogP) is 2.25. The molecule has 1 aromatic rings. The van der Waals surface area contributed by atoms with Crippen molar-refractivity contribution in [1.82, 2.24) is 10.2 Å². The molecule has 1 unspecified atom stereocenters. The van der Waals surface area contributed by atoms with Crippen LogP contribution in [0.4, 0.5) is 5.69 Å². The molecule has 3 aliphatic rings. The molecule has 3 aliphatic heterocycles. The smallest absolute Gasteiger partial charge is 0.336 e. The number of hydrogen-bond donors (Lipinski definition) is 1. The summed E-state index contributed by atoms with van der Waals surface area (Å²) in [5.41, 5.74) is 0.993. The van der Waals surface area contributed by atoms with Crippen LogP contribution in [0.2, 0.25) is 0 Å². The number of nitrogens with one attached hydrogen (secondary N) is 1. The number of oxime groups is 1. The van der Waals surface area contributed by atoms with Crippen LogP contribution in [0.3, 0.4) is 0 Å². The zero-order valence-corrected chi connectivity index (χ0v) is 20.8. The number of hydrogen-bond acceptors (Lipinski definition) is 11. The van der Waals surface area contributed by atoms with E-state index in [2.05, 4.69) is 10.5 Å². The van der Waals surface area contributed by atoms with Gasteiger partial charge in [-0.05, 0) is 23.1 Å². The normalized spacial score (nSPS) is 21.7. The van der Waals surface area contributed by atoms with Crippen molar-refractivity contribution in [3.8, 4) is 0 Å². The number of non-ortho nitro benzene ring substituents is 1. The maximum absolute atomic E-state index is 12.8. The number of benzene rings is 1. The highest BCUT2D eigenvalue weighted by Crippen LogP contribution is 2.37. The summed E-state index contributed by atoms with van der Waals surface area (Å²) in [6.07, 6.45) is 1.45. The van der Waals surface area contributed by atoms with Crippen LogP contribution in [0.25, 0.3) is 0 Å². The zero-order chi connectivity index (χ0) is 24.9. The molecule has 1 fully saturated rings. The Morgan fingerprint density at radius 2 is 2.06 bits per heavy atom. The summed E-state index contributed by atoms with van der Waals surface area (Å²) in [5, 5.41) is 18.8. The lowest BCUT2D eigenvalue weighted by Crippen LogP contribution is -2.69. The third-order valence-electron chi connectivity index (χ3n) is 5.13.